The van der Waals surface area contributed by atoms with Crippen molar-refractivity contribution in [3.63, 3.8) is 0 Å². The molecule has 0 aliphatic heterocycles. The van der Waals surface area contributed by atoms with Gasteiger partial charge in [0, 0.05) is 13.5 Å². The predicted octanol–water partition coefficient (Wildman–Crippen LogP) is 2.26. The molecular weight excluding hydrogens is 248 g/mol. The van der Waals surface area contributed by atoms with Gasteiger partial charge in [-0.15, -0.1) is 0 Å². The van der Waals surface area contributed by atoms with Crippen LogP contribution in [-0.4, -0.2) is 32.4 Å². The molecule has 106 valence electrons. The maximum atomic E-state index is 10.6. The number of hydrogen-bond donors (Lipinski definition) is 1. The minimum absolute atomic E-state index is 0.139. The van der Waals surface area contributed by atoms with Crippen LogP contribution in [0.2, 0.25) is 0 Å². The summed E-state index contributed by atoms with van der Waals surface area (Å²) in [6, 6.07) is 3.83. The SMILES string of the molecule is COCc1cc(CCCC(=O)O)c(OC)c(OC)c1. The van der Waals surface area contributed by atoms with Crippen LogP contribution in [0.25, 0.3) is 0 Å². The van der Waals surface area contributed by atoms with Gasteiger partial charge in [-0.2, -0.15) is 0 Å². The van der Waals surface area contributed by atoms with Crippen molar-refractivity contribution in [1.29, 1.82) is 0 Å². The van der Waals surface area contributed by atoms with E-state index in [0.717, 1.165) is 11.1 Å². The van der Waals surface area contributed by atoms with Crippen molar-refractivity contribution < 1.29 is 24.1 Å². The summed E-state index contributed by atoms with van der Waals surface area (Å²) in [5.74, 6) is 0.508. The fourth-order valence-corrected chi connectivity index (χ4v) is 1.97. The molecule has 0 spiro atoms. The number of benzene rings is 1. The zero-order chi connectivity index (χ0) is 14.3. The van der Waals surface area contributed by atoms with Gasteiger partial charge < -0.3 is 19.3 Å². The highest BCUT2D eigenvalue weighted by atomic mass is 16.5. The monoisotopic (exact) mass is 268 g/mol. The van der Waals surface area contributed by atoms with E-state index in [-0.39, 0.29) is 6.42 Å². The first kappa shape index (κ1) is 15.3. The molecule has 1 aromatic carbocycles. The summed E-state index contributed by atoms with van der Waals surface area (Å²) in [7, 11) is 4.78. The Hall–Kier alpha value is -1.75. The van der Waals surface area contributed by atoms with E-state index in [1.54, 1.807) is 21.3 Å². The fourth-order valence-electron chi connectivity index (χ4n) is 1.97. The molecule has 0 saturated carbocycles. The average molecular weight is 268 g/mol. The molecule has 0 atom stereocenters. The number of aryl methyl sites for hydroxylation is 1. The van der Waals surface area contributed by atoms with E-state index in [2.05, 4.69) is 0 Å². The minimum atomic E-state index is -0.793. The molecule has 0 aliphatic rings. The van der Waals surface area contributed by atoms with Crippen molar-refractivity contribution in [3.8, 4) is 11.5 Å². The molecule has 5 nitrogen and oxygen atoms in total. The van der Waals surface area contributed by atoms with Gasteiger partial charge in [0.05, 0.1) is 20.8 Å². The van der Waals surface area contributed by atoms with E-state index in [0.29, 0.717) is 30.9 Å². The molecule has 0 bridgehead atoms. The highest BCUT2D eigenvalue weighted by Crippen LogP contribution is 2.33. The number of carboxylic acid groups (broad SMARTS) is 1. The van der Waals surface area contributed by atoms with Crippen LogP contribution in [0.5, 0.6) is 11.5 Å². The fraction of sp³-hybridized carbons (Fsp3) is 0.500. The van der Waals surface area contributed by atoms with E-state index in [1.165, 1.54) is 0 Å². The number of ether oxygens (including phenoxy) is 3. The summed E-state index contributed by atoms with van der Waals surface area (Å²) >= 11 is 0. The van der Waals surface area contributed by atoms with E-state index in [1.807, 2.05) is 12.1 Å². The zero-order valence-electron chi connectivity index (χ0n) is 11.6. The number of rotatable bonds is 8. The van der Waals surface area contributed by atoms with Gasteiger partial charge in [-0.25, -0.2) is 0 Å². The Balaban J connectivity index is 2.96. The largest absolute Gasteiger partial charge is 0.493 e. The number of aliphatic carboxylic acids is 1. The molecule has 1 rings (SSSR count). The summed E-state index contributed by atoms with van der Waals surface area (Å²) < 4.78 is 15.7. The normalized spacial score (nSPS) is 10.3. The molecule has 0 fully saturated rings. The molecule has 0 aliphatic carbocycles. The highest BCUT2D eigenvalue weighted by molar-refractivity contribution is 5.66. The quantitative estimate of drug-likeness (QED) is 0.783. The molecule has 0 aromatic heterocycles. The summed E-state index contributed by atoms with van der Waals surface area (Å²) in [6.45, 7) is 0.478. The lowest BCUT2D eigenvalue weighted by atomic mass is 10.0. The van der Waals surface area contributed by atoms with Gasteiger partial charge in [0.15, 0.2) is 11.5 Å². The number of methoxy groups -OCH3 is 3. The second-order valence-corrected chi connectivity index (χ2v) is 4.17. The number of carboxylic acids is 1. The number of hydrogen-bond acceptors (Lipinski definition) is 4. The van der Waals surface area contributed by atoms with Crippen LogP contribution in [0.15, 0.2) is 12.1 Å². The average Bonchev–Trinajstić information content (AvgIpc) is 2.38. The molecule has 0 radical (unpaired) electrons. The molecule has 1 aromatic rings. The Morgan fingerprint density at radius 3 is 2.47 bits per heavy atom. The van der Waals surface area contributed by atoms with Crippen molar-refractivity contribution >= 4 is 5.97 Å². The van der Waals surface area contributed by atoms with Crippen LogP contribution in [0, 0.1) is 0 Å². The molecule has 19 heavy (non-hydrogen) atoms. The highest BCUT2D eigenvalue weighted by Gasteiger charge is 2.12. The molecule has 0 unspecified atom stereocenters. The molecule has 5 heteroatoms. The van der Waals surface area contributed by atoms with Gasteiger partial charge in [0.1, 0.15) is 0 Å². The minimum Gasteiger partial charge on any atom is -0.493 e. The maximum absolute atomic E-state index is 10.6. The van der Waals surface area contributed by atoms with Gasteiger partial charge in [0.2, 0.25) is 0 Å². The molecule has 1 N–H and O–H groups in total. The third-order valence-corrected chi connectivity index (χ3v) is 2.76. The zero-order valence-corrected chi connectivity index (χ0v) is 11.6. The summed E-state index contributed by atoms with van der Waals surface area (Å²) in [4.78, 5) is 10.6. The molecule has 0 saturated heterocycles. The second-order valence-electron chi connectivity index (χ2n) is 4.17. The third kappa shape index (κ3) is 4.44. The second kappa shape index (κ2) is 7.63. The standard InChI is InChI=1S/C14H20O5/c1-17-9-10-7-11(5-4-6-13(15)16)14(19-3)12(8-10)18-2/h7-8H,4-6,9H2,1-3H3,(H,15,16). The van der Waals surface area contributed by atoms with Crippen molar-refractivity contribution in [2.75, 3.05) is 21.3 Å². The maximum Gasteiger partial charge on any atom is 0.303 e. The topological polar surface area (TPSA) is 65.0 Å². The summed E-state index contributed by atoms with van der Waals surface area (Å²) in [5, 5.41) is 8.68. The van der Waals surface area contributed by atoms with Crippen molar-refractivity contribution in [1.82, 2.24) is 0 Å². The van der Waals surface area contributed by atoms with E-state index >= 15 is 0 Å². The first-order valence-corrected chi connectivity index (χ1v) is 6.06. The Kier molecular flexibility index (Phi) is 6.15. The lowest BCUT2D eigenvalue weighted by Crippen LogP contribution is -2.01. The molecular formula is C14H20O5. The number of carbonyl (C=O) groups is 1. The van der Waals surface area contributed by atoms with E-state index in [9.17, 15) is 4.79 Å². The molecule has 0 heterocycles. The summed E-state index contributed by atoms with van der Waals surface area (Å²) in [6.07, 6.45) is 1.33. The first-order chi connectivity index (χ1) is 9.12. The van der Waals surface area contributed by atoms with E-state index in [4.69, 9.17) is 19.3 Å². The smallest absolute Gasteiger partial charge is 0.303 e. The van der Waals surface area contributed by atoms with Crippen molar-refractivity contribution in [2.24, 2.45) is 0 Å². The van der Waals surface area contributed by atoms with Crippen LogP contribution in [0.3, 0.4) is 0 Å². The predicted molar refractivity (Wildman–Crippen MR) is 70.8 cm³/mol. The van der Waals surface area contributed by atoms with Gasteiger partial charge in [-0.3, -0.25) is 4.79 Å². The van der Waals surface area contributed by atoms with Gasteiger partial charge >= 0.3 is 5.97 Å². The Bertz CT molecular complexity index is 428. The first-order valence-electron chi connectivity index (χ1n) is 6.06. The van der Waals surface area contributed by atoms with Crippen molar-refractivity contribution in [2.45, 2.75) is 25.9 Å². The van der Waals surface area contributed by atoms with E-state index < -0.39 is 5.97 Å². The van der Waals surface area contributed by atoms with Crippen LogP contribution in [0.1, 0.15) is 24.0 Å². The third-order valence-electron chi connectivity index (χ3n) is 2.76. The van der Waals surface area contributed by atoms with Gasteiger partial charge in [0.25, 0.3) is 0 Å². The summed E-state index contributed by atoms with van der Waals surface area (Å²) in [5.41, 5.74) is 1.92. The van der Waals surface area contributed by atoms with Crippen LogP contribution in [-0.2, 0) is 22.6 Å². The van der Waals surface area contributed by atoms with Crippen LogP contribution in [0.4, 0.5) is 0 Å². The van der Waals surface area contributed by atoms with Crippen LogP contribution < -0.4 is 9.47 Å². The molecule has 0 amide bonds. The Morgan fingerprint density at radius 2 is 1.95 bits per heavy atom. The van der Waals surface area contributed by atoms with Gasteiger partial charge in [-0.1, -0.05) is 0 Å². The van der Waals surface area contributed by atoms with Crippen LogP contribution >= 0.6 is 0 Å². The Labute approximate surface area is 113 Å². The van der Waals surface area contributed by atoms with Gasteiger partial charge in [-0.05, 0) is 36.1 Å². The lowest BCUT2D eigenvalue weighted by molar-refractivity contribution is -0.137. The Morgan fingerprint density at radius 1 is 1.21 bits per heavy atom. The van der Waals surface area contributed by atoms with Crippen molar-refractivity contribution in [3.05, 3.63) is 23.3 Å². The lowest BCUT2D eigenvalue weighted by Gasteiger charge is -2.14.